The molecule has 6 nitrogen and oxygen atoms in total. The van der Waals surface area contributed by atoms with Crippen LogP contribution in [0.5, 0.6) is 11.5 Å². The molecule has 0 unspecified atom stereocenters. The summed E-state index contributed by atoms with van der Waals surface area (Å²) >= 11 is 0. The number of ether oxygens (including phenoxy) is 5. The van der Waals surface area contributed by atoms with Gasteiger partial charge < -0.3 is 28.6 Å². The molecule has 0 spiro atoms. The van der Waals surface area contributed by atoms with Crippen LogP contribution in [0.15, 0.2) is 18.2 Å². The number of benzene rings is 1. The highest BCUT2D eigenvalue weighted by Crippen LogP contribution is 2.29. The van der Waals surface area contributed by atoms with E-state index in [9.17, 15) is 0 Å². The van der Waals surface area contributed by atoms with E-state index < -0.39 is 0 Å². The highest BCUT2D eigenvalue weighted by Gasteiger charge is 2.08. The summed E-state index contributed by atoms with van der Waals surface area (Å²) in [7, 11) is 4.19. The summed E-state index contributed by atoms with van der Waals surface area (Å²) in [5.74, 6) is 1.53. The lowest BCUT2D eigenvalue weighted by Crippen LogP contribution is -2.13. The summed E-state index contributed by atoms with van der Waals surface area (Å²) < 4.78 is 28.1. The van der Waals surface area contributed by atoms with E-state index >= 15 is 0 Å². The predicted octanol–water partition coefficient (Wildman–Crippen LogP) is 2.00. The SMILES string of the molecule is CN(C)CCCc1ccc2c(c1)OCCOCCOCCOCCO2. The third kappa shape index (κ3) is 8.54. The molecule has 0 fully saturated rings. The zero-order chi connectivity index (χ0) is 17.7. The second-order valence-corrected chi connectivity index (χ2v) is 6.22. The maximum atomic E-state index is 5.89. The van der Waals surface area contributed by atoms with Crippen LogP contribution in [0.1, 0.15) is 12.0 Å². The topological polar surface area (TPSA) is 49.4 Å². The number of nitrogens with zero attached hydrogens (tertiary/aromatic N) is 1. The summed E-state index contributed by atoms with van der Waals surface area (Å²) in [6.45, 7) is 5.41. The zero-order valence-corrected chi connectivity index (χ0v) is 15.5. The molecular weight excluding hydrogens is 322 g/mol. The van der Waals surface area contributed by atoms with Crippen molar-refractivity contribution in [1.29, 1.82) is 0 Å². The van der Waals surface area contributed by atoms with Gasteiger partial charge in [-0.15, -0.1) is 0 Å². The summed E-state index contributed by atoms with van der Waals surface area (Å²) in [6, 6.07) is 6.17. The van der Waals surface area contributed by atoms with Gasteiger partial charge in [-0.3, -0.25) is 0 Å². The van der Waals surface area contributed by atoms with Gasteiger partial charge in [-0.25, -0.2) is 0 Å². The normalized spacial score (nSPS) is 17.7. The van der Waals surface area contributed by atoms with E-state index in [2.05, 4.69) is 31.1 Å². The standard InChI is InChI=1S/C19H31NO5/c1-20(2)7-3-4-17-5-6-18-19(16-17)25-15-13-23-11-9-21-8-10-22-12-14-24-18/h5-6,16H,3-4,7-15H2,1-2H3. The van der Waals surface area contributed by atoms with E-state index in [4.69, 9.17) is 23.7 Å². The Labute approximate surface area is 150 Å². The molecule has 25 heavy (non-hydrogen) atoms. The van der Waals surface area contributed by atoms with E-state index in [0.29, 0.717) is 52.9 Å². The maximum absolute atomic E-state index is 5.89. The minimum Gasteiger partial charge on any atom is -0.487 e. The van der Waals surface area contributed by atoms with E-state index in [1.807, 2.05) is 6.07 Å². The maximum Gasteiger partial charge on any atom is 0.161 e. The highest BCUT2D eigenvalue weighted by atomic mass is 16.6. The molecule has 0 saturated carbocycles. The molecule has 2 rings (SSSR count). The van der Waals surface area contributed by atoms with Crippen molar-refractivity contribution in [2.45, 2.75) is 12.8 Å². The van der Waals surface area contributed by atoms with Crippen molar-refractivity contribution < 1.29 is 23.7 Å². The Hall–Kier alpha value is -1.34. The van der Waals surface area contributed by atoms with Crippen LogP contribution in [0, 0.1) is 0 Å². The molecule has 1 heterocycles. The molecule has 0 radical (unpaired) electrons. The van der Waals surface area contributed by atoms with E-state index in [1.165, 1.54) is 5.56 Å². The van der Waals surface area contributed by atoms with Crippen molar-refractivity contribution in [2.24, 2.45) is 0 Å². The molecule has 0 amide bonds. The monoisotopic (exact) mass is 353 g/mol. The molecule has 0 aliphatic carbocycles. The van der Waals surface area contributed by atoms with Gasteiger partial charge in [0.25, 0.3) is 0 Å². The van der Waals surface area contributed by atoms with Gasteiger partial charge in [-0.2, -0.15) is 0 Å². The van der Waals surface area contributed by atoms with Gasteiger partial charge in [0.2, 0.25) is 0 Å². The largest absolute Gasteiger partial charge is 0.487 e. The highest BCUT2D eigenvalue weighted by molar-refractivity contribution is 5.43. The van der Waals surface area contributed by atoms with Crippen LogP contribution in [0.2, 0.25) is 0 Å². The van der Waals surface area contributed by atoms with Crippen LogP contribution in [0.3, 0.4) is 0 Å². The van der Waals surface area contributed by atoms with E-state index in [1.54, 1.807) is 0 Å². The average molecular weight is 353 g/mol. The fourth-order valence-electron chi connectivity index (χ4n) is 2.50. The van der Waals surface area contributed by atoms with Crippen molar-refractivity contribution in [1.82, 2.24) is 4.90 Å². The van der Waals surface area contributed by atoms with Crippen molar-refractivity contribution >= 4 is 0 Å². The lowest BCUT2D eigenvalue weighted by Gasteiger charge is -2.15. The smallest absolute Gasteiger partial charge is 0.161 e. The average Bonchev–Trinajstić information content (AvgIpc) is 2.60. The zero-order valence-electron chi connectivity index (χ0n) is 15.5. The van der Waals surface area contributed by atoms with Crippen molar-refractivity contribution in [2.75, 3.05) is 73.5 Å². The first-order valence-corrected chi connectivity index (χ1v) is 9.02. The molecule has 142 valence electrons. The van der Waals surface area contributed by atoms with Gasteiger partial charge >= 0.3 is 0 Å². The van der Waals surface area contributed by atoms with Gasteiger partial charge in [0.15, 0.2) is 11.5 Å². The molecule has 0 atom stereocenters. The first-order valence-electron chi connectivity index (χ1n) is 9.02. The van der Waals surface area contributed by atoms with Crippen LogP contribution in [-0.2, 0) is 20.6 Å². The number of hydrogen-bond acceptors (Lipinski definition) is 6. The van der Waals surface area contributed by atoms with Crippen LogP contribution >= 0.6 is 0 Å². The Kier molecular flexibility index (Phi) is 9.66. The first kappa shape index (κ1) is 20.0. The minimum absolute atomic E-state index is 0.493. The second-order valence-electron chi connectivity index (χ2n) is 6.22. The summed E-state index contributed by atoms with van der Waals surface area (Å²) in [6.07, 6.45) is 2.13. The Bertz CT molecular complexity index is 481. The molecule has 1 aliphatic rings. The van der Waals surface area contributed by atoms with E-state index in [-0.39, 0.29) is 0 Å². The van der Waals surface area contributed by atoms with Gasteiger partial charge in [0.05, 0.1) is 39.6 Å². The third-order valence-corrected chi connectivity index (χ3v) is 3.79. The van der Waals surface area contributed by atoms with Crippen molar-refractivity contribution in [3.05, 3.63) is 23.8 Å². The van der Waals surface area contributed by atoms with Gasteiger partial charge in [0.1, 0.15) is 13.2 Å². The Morgan fingerprint density at radius 2 is 1.32 bits per heavy atom. The van der Waals surface area contributed by atoms with Gasteiger partial charge in [-0.05, 0) is 51.2 Å². The molecule has 0 N–H and O–H groups in total. The third-order valence-electron chi connectivity index (χ3n) is 3.79. The summed E-state index contributed by atoms with van der Waals surface area (Å²) in [4.78, 5) is 2.20. The van der Waals surface area contributed by atoms with Gasteiger partial charge in [0, 0.05) is 0 Å². The van der Waals surface area contributed by atoms with Crippen molar-refractivity contribution in [3.63, 3.8) is 0 Å². The van der Waals surface area contributed by atoms with Crippen molar-refractivity contribution in [3.8, 4) is 11.5 Å². The molecule has 6 heteroatoms. The Morgan fingerprint density at radius 1 is 0.760 bits per heavy atom. The molecule has 0 aromatic heterocycles. The number of hydrogen-bond donors (Lipinski definition) is 0. The molecular formula is C19H31NO5. The minimum atomic E-state index is 0.493. The molecule has 1 aliphatic heterocycles. The van der Waals surface area contributed by atoms with E-state index in [0.717, 1.165) is 30.9 Å². The van der Waals surface area contributed by atoms with Crippen LogP contribution in [-0.4, -0.2) is 78.4 Å². The predicted molar refractivity (Wildman–Crippen MR) is 96.8 cm³/mol. The summed E-state index contributed by atoms with van der Waals surface area (Å²) in [5.41, 5.74) is 1.26. The van der Waals surface area contributed by atoms with Crippen LogP contribution in [0.25, 0.3) is 0 Å². The fraction of sp³-hybridized carbons (Fsp3) is 0.684. The fourth-order valence-corrected chi connectivity index (χ4v) is 2.50. The van der Waals surface area contributed by atoms with Gasteiger partial charge in [-0.1, -0.05) is 6.07 Å². The quantitative estimate of drug-likeness (QED) is 0.825. The Balaban J connectivity index is 1.94. The lowest BCUT2D eigenvalue weighted by atomic mass is 10.1. The Morgan fingerprint density at radius 3 is 1.92 bits per heavy atom. The number of aryl methyl sites for hydroxylation is 1. The molecule has 1 aromatic carbocycles. The lowest BCUT2D eigenvalue weighted by molar-refractivity contribution is 0.00708. The molecule has 0 bridgehead atoms. The van der Waals surface area contributed by atoms with Crippen LogP contribution < -0.4 is 9.47 Å². The first-order chi connectivity index (χ1) is 12.3. The number of rotatable bonds is 4. The second kappa shape index (κ2) is 12.1. The molecule has 0 saturated heterocycles. The summed E-state index contributed by atoms with van der Waals surface area (Å²) in [5, 5.41) is 0. The number of fused-ring (bicyclic) bond motifs is 1. The molecule has 1 aromatic rings. The van der Waals surface area contributed by atoms with Crippen LogP contribution in [0.4, 0.5) is 0 Å².